The normalized spacial score (nSPS) is 24.3. The molecule has 5 heteroatoms. The van der Waals surface area contributed by atoms with Crippen molar-refractivity contribution in [1.29, 1.82) is 0 Å². The lowest BCUT2D eigenvalue weighted by Gasteiger charge is -2.21. The topological polar surface area (TPSA) is 37.8 Å². The SMILES string of the molecule is Cc1csc2c(NC3CCCCCC3Cl)ncnc12. The molecule has 2 aromatic heterocycles. The van der Waals surface area contributed by atoms with Crippen LogP contribution >= 0.6 is 22.9 Å². The van der Waals surface area contributed by atoms with E-state index in [1.807, 2.05) is 0 Å². The Balaban J connectivity index is 1.88. The fourth-order valence-electron chi connectivity index (χ4n) is 2.67. The van der Waals surface area contributed by atoms with Gasteiger partial charge in [0, 0.05) is 6.04 Å². The highest BCUT2D eigenvalue weighted by Gasteiger charge is 2.22. The first kappa shape index (κ1) is 13.1. The molecule has 2 heterocycles. The summed E-state index contributed by atoms with van der Waals surface area (Å²) in [5, 5.41) is 5.89. The van der Waals surface area contributed by atoms with Crippen molar-refractivity contribution < 1.29 is 0 Å². The van der Waals surface area contributed by atoms with Crippen LogP contribution in [0, 0.1) is 6.92 Å². The second-order valence-corrected chi connectivity index (χ2v) is 6.66. The molecule has 19 heavy (non-hydrogen) atoms. The molecule has 1 aliphatic rings. The summed E-state index contributed by atoms with van der Waals surface area (Å²) >= 11 is 8.20. The highest BCUT2D eigenvalue weighted by Crippen LogP contribution is 2.31. The van der Waals surface area contributed by atoms with E-state index in [0.717, 1.165) is 28.9 Å². The number of aryl methyl sites for hydroxylation is 1. The van der Waals surface area contributed by atoms with E-state index < -0.39 is 0 Å². The molecular weight excluding hydrogens is 278 g/mol. The van der Waals surface area contributed by atoms with Gasteiger partial charge in [-0.1, -0.05) is 19.3 Å². The molecule has 0 aliphatic heterocycles. The third kappa shape index (κ3) is 2.70. The van der Waals surface area contributed by atoms with Crippen LogP contribution in [0.3, 0.4) is 0 Å². The van der Waals surface area contributed by atoms with Crippen molar-refractivity contribution in [3.63, 3.8) is 0 Å². The van der Waals surface area contributed by atoms with Gasteiger partial charge in [0.1, 0.15) is 12.1 Å². The number of halogens is 1. The summed E-state index contributed by atoms with van der Waals surface area (Å²) in [4.78, 5) is 8.77. The smallest absolute Gasteiger partial charge is 0.147 e. The minimum atomic E-state index is 0.202. The maximum absolute atomic E-state index is 6.49. The molecule has 1 saturated carbocycles. The number of nitrogens with one attached hydrogen (secondary N) is 1. The summed E-state index contributed by atoms with van der Waals surface area (Å²) in [6.07, 6.45) is 7.65. The van der Waals surface area contributed by atoms with Gasteiger partial charge in [-0.3, -0.25) is 0 Å². The van der Waals surface area contributed by atoms with E-state index in [-0.39, 0.29) is 5.38 Å². The van der Waals surface area contributed by atoms with Gasteiger partial charge in [0.15, 0.2) is 0 Å². The minimum absolute atomic E-state index is 0.202. The van der Waals surface area contributed by atoms with Crippen LogP contribution in [0.15, 0.2) is 11.7 Å². The van der Waals surface area contributed by atoms with E-state index in [9.17, 15) is 0 Å². The van der Waals surface area contributed by atoms with Crippen LogP contribution in [0.25, 0.3) is 10.2 Å². The molecule has 0 saturated heterocycles. The van der Waals surface area contributed by atoms with Crippen LogP contribution in [-0.2, 0) is 0 Å². The largest absolute Gasteiger partial charge is 0.365 e. The quantitative estimate of drug-likeness (QED) is 0.661. The number of thiophene rings is 1. The standard InChI is InChI=1S/C14H18ClN3S/c1-9-7-19-13-12(9)16-8-17-14(13)18-11-6-4-2-3-5-10(11)15/h7-8,10-11H,2-6H2,1H3,(H,16,17,18). The number of alkyl halides is 1. The summed E-state index contributed by atoms with van der Waals surface area (Å²) in [5.74, 6) is 0.945. The lowest BCUT2D eigenvalue weighted by molar-refractivity contribution is 0.625. The Morgan fingerprint density at radius 1 is 1.26 bits per heavy atom. The van der Waals surface area contributed by atoms with Gasteiger partial charge >= 0.3 is 0 Å². The van der Waals surface area contributed by atoms with E-state index in [4.69, 9.17) is 11.6 Å². The average molecular weight is 296 g/mol. The third-order valence-corrected chi connectivity index (χ3v) is 5.40. The zero-order valence-corrected chi connectivity index (χ0v) is 12.6. The van der Waals surface area contributed by atoms with Crippen molar-refractivity contribution in [3.8, 4) is 0 Å². The number of aromatic nitrogens is 2. The molecule has 2 unspecified atom stereocenters. The van der Waals surface area contributed by atoms with Gasteiger partial charge in [0.2, 0.25) is 0 Å². The van der Waals surface area contributed by atoms with Crippen LogP contribution < -0.4 is 5.32 Å². The highest BCUT2D eigenvalue weighted by molar-refractivity contribution is 7.18. The summed E-state index contributed by atoms with van der Waals surface area (Å²) in [6, 6.07) is 0.324. The Labute approximate surface area is 122 Å². The summed E-state index contributed by atoms with van der Waals surface area (Å²) < 4.78 is 1.15. The molecule has 0 aromatic carbocycles. The van der Waals surface area contributed by atoms with Crippen molar-refractivity contribution in [1.82, 2.24) is 9.97 Å². The van der Waals surface area contributed by atoms with Crippen LogP contribution in [0.2, 0.25) is 0 Å². The molecule has 0 bridgehead atoms. The molecule has 102 valence electrons. The fraction of sp³-hybridized carbons (Fsp3) is 0.571. The Kier molecular flexibility index (Phi) is 3.89. The zero-order chi connectivity index (χ0) is 13.2. The Morgan fingerprint density at radius 2 is 2.11 bits per heavy atom. The first-order valence-electron chi connectivity index (χ1n) is 6.85. The molecule has 0 spiro atoms. The zero-order valence-electron chi connectivity index (χ0n) is 11.0. The van der Waals surface area contributed by atoms with Crippen molar-refractivity contribution in [2.24, 2.45) is 0 Å². The lowest BCUT2D eigenvalue weighted by atomic mass is 10.1. The molecule has 3 rings (SSSR count). The molecule has 1 fully saturated rings. The van der Waals surface area contributed by atoms with Crippen molar-refractivity contribution in [3.05, 3.63) is 17.3 Å². The third-order valence-electron chi connectivity index (χ3n) is 3.78. The molecular formula is C14H18ClN3S. The fourth-order valence-corrected chi connectivity index (χ4v) is 3.97. The Morgan fingerprint density at radius 3 is 3.00 bits per heavy atom. The lowest BCUT2D eigenvalue weighted by Crippen LogP contribution is -2.29. The number of rotatable bonds is 2. The van der Waals surface area contributed by atoms with E-state index in [1.54, 1.807) is 17.7 Å². The Bertz CT molecular complexity index is 569. The van der Waals surface area contributed by atoms with Gasteiger partial charge in [-0.25, -0.2) is 9.97 Å². The summed E-state index contributed by atoms with van der Waals surface area (Å²) in [5.41, 5.74) is 2.27. The van der Waals surface area contributed by atoms with Gasteiger partial charge in [0.05, 0.1) is 15.6 Å². The molecule has 0 radical (unpaired) electrons. The maximum atomic E-state index is 6.49. The molecule has 2 aromatic rings. The van der Waals surface area contributed by atoms with Crippen molar-refractivity contribution >= 4 is 39.0 Å². The van der Waals surface area contributed by atoms with E-state index in [0.29, 0.717) is 6.04 Å². The van der Waals surface area contributed by atoms with E-state index in [2.05, 4.69) is 27.6 Å². The van der Waals surface area contributed by atoms with E-state index >= 15 is 0 Å². The van der Waals surface area contributed by atoms with Gasteiger partial charge in [-0.05, 0) is 30.7 Å². The highest BCUT2D eigenvalue weighted by atomic mass is 35.5. The predicted molar refractivity (Wildman–Crippen MR) is 82.3 cm³/mol. The first-order valence-corrected chi connectivity index (χ1v) is 8.16. The average Bonchev–Trinajstić information content (AvgIpc) is 2.67. The van der Waals surface area contributed by atoms with E-state index in [1.165, 1.54) is 24.8 Å². The Hall–Kier alpha value is -0.870. The first-order chi connectivity index (χ1) is 9.25. The molecule has 1 aliphatic carbocycles. The molecule has 2 atom stereocenters. The second-order valence-electron chi connectivity index (χ2n) is 5.22. The van der Waals surface area contributed by atoms with Gasteiger partial charge in [0.25, 0.3) is 0 Å². The van der Waals surface area contributed by atoms with Gasteiger partial charge < -0.3 is 5.32 Å². The molecule has 3 nitrogen and oxygen atoms in total. The number of anilines is 1. The van der Waals surface area contributed by atoms with Crippen LogP contribution in [0.5, 0.6) is 0 Å². The monoisotopic (exact) mass is 295 g/mol. The predicted octanol–water partition coefficient (Wildman–Crippen LogP) is 4.35. The summed E-state index contributed by atoms with van der Waals surface area (Å²) in [6.45, 7) is 2.09. The van der Waals surface area contributed by atoms with Crippen molar-refractivity contribution in [2.75, 3.05) is 5.32 Å². The number of hydrogen-bond donors (Lipinski definition) is 1. The second kappa shape index (κ2) is 5.63. The van der Waals surface area contributed by atoms with Gasteiger partial charge in [-0.15, -0.1) is 22.9 Å². The number of fused-ring (bicyclic) bond motifs is 1. The van der Waals surface area contributed by atoms with Crippen LogP contribution in [0.4, 0.5) is 5.82 Å². The molecule has 0 amide bonds. The van der Waals surface area contributed by atoms with Crippen molar-refractivity contribution in [2.45, 2.75) is 50.4 Å². The maximum Gasteiger partial charge on any atom is 0.147 e. The van der Waals surface area contributed by atoms with Crippen LogP contribution in [-0.4, -0.2) is 21.4 Å². The summed E-state index contributed by atoms with van der Waals surface area (Å²) in [7, 11) is 0. The number of nitrogens with zero attached hydrogens (tertiary/aromatic N) is 2. The number of hydrogen-bond acceptors (Lipinski definition) is 4. The molecule has 1 N–H and O–H groups in total. The van der Waals surface area contributed by atoms with Gasteiger partial charge in [-0.2, -0.15) is 0 Å². The minimum Gasteiger partial charge on any atom is -0.365 e. The van der Waals surface area contributed by atoms with Crippen LogP contribution in [0.1, 0.15) is 37.7 Å².